The van der Waals surface area contributed by atoms with Gasteiger partial charge in [0, 0.05) is 30.5 Å². The highest BCUT2D eigenvalue weighted by Crippen LogP contribution is 2.50. The number of halogens is 1. The van der Waals surface area contributed by atoms with Crippen LogP contribution >= 0.6 is 0 Å². The van der Waals surface area contributed by atoms with Crippen LogP contribution in [0.1, 0.15) is 44.7 Å². The molecule has 1 aliphatic rings. The Balaban J connectivity index is 2.08. The van der Waals surface area contributed by atoms with Gasteiger partial charge in [-0.3, -0.25) is 4.90 Å². The molecule has 2 unspecified atom stereocenters. The molecule has 0 saturated carbocycles. The molecule has 0 N–H and O–H groups in total. The van der Waals surface area contributed by atoms with E-state index in [1.165, 1.54) is 0 Å². The van der Waals surface area contributed by atoms with Crippen molar-refractivity contribution in [2.45, 2.75) is 46.3 Å². The third-order valence-electron chi connectivity index (χ3n) is 5.31. The molecule has 1 saturated heterocycles. The first kappa shape index (κ1) is 17.5. The molecule has 1 heterocycles. The van der Waals surface area contributed by atoms with Gasteiger partial charge in [0.05, 0.1) is 6.07 Å². The van der Waals surface area contributed by atoms with Crippen LogP contribution in [0.2, 0.25) is 0 Å². The SMILES string of the molecule is C#Cc1ccc(CN2CCC(CC#N)(C(C)(C)C)C(F)C2)cc1. The molecular weight excluding hydrogens is 287 g/mol. The summed E-state index contributed by atoms with van der Waals surface area (Å²) in [4.78, 5) is 2.14. The lowest BCUT2D eigenvalue weighted by atomic mass is 9.59. The molecule has 0 aliphatic carbocycles. The maximum Gasteiger partial charge on any atom is 0.120 e. The third kappa shape index (κ3) is 3.57. The number of hydrogen-bond donors (Lipinski definition) is 0. The molecule has 2 atom stereocenters. The van der Waals surface area contributed by atoms with Gasteiger partial charge < -0.3 is 0 Å². The number of hydrogen-bond acceptors (Lipinski definition) is 2. The van der Waals surface area contributed by atoms with E-state index in [1.807, 2.05) is 45.0 Å². The molecule has 0 radical (unpaired) electrons. The van der Waals surface area contributed by atoms with E-state index in [-0.39, 0.29) is 11.8 Å². The Bertz CT molecular complexity index is 615. The summed E-state index contributed by atoms with van der Waals surface area (Å²) in [5.74, 6) is 2.60. The molecule has 1 aromatic rings. The maximum absolute atomic E-state index is 15.0. The van der Waals surface area contributed by atoms with Gasteiger partial charge in [-0.15, -0.1) is 6.42 Å². The molecule has 1 aliphatic heterocycles. The zero-order valence-electron chi connectivity index (χ0n) is 14.3. The molecule has 2 nitrogen and oxygen atoms in total. The van der Waals surface area contributed by atoms with Crippen LogP contribution in [-0.2, 0) is 6.54 Å². The second kappa shape index (κ2) is 6.73. The molecule has 0 aromatic heterocycles. The molecule has 1 aromatic carbocycles. The van der Waals surface area contributed by atoms with Gasteiger partial charge in [-0.25, -0.2) is 4.39 Å². The highest BCUT2D eigenvalue weighted by atomic mass is 19.1. The second-order valence-corrected chi connectivity index (χ2v) is 7.53. The fourth-order valence-electron chi connectivity index (χ4n) is 3.57. The van der Waals surface area contributed by atoms with Crippen LogP contribution in [0, 0.1) is 34.5 Å². The topological polar surface area (TPSA) is 27.0 Å². The van der Waals surface area contributed by atoms with Crippen molar-refractivity contribution in [2.24, 2.45) is 10.8 Å². The van der Waals surface area contributed by atoms with Crippen molar-refractivity contribution in [1.29, 1.82) is 5.26 Å². The monoisotopic (exact) mass is 312 g/mol. The Labute approximate surface area is 139 Å². The Kier molecular flexibility index (Phi) is 5.12. The molecular formula is C20H25FN2. The highest BCUT2D eigenvalue weighted by Gasteiger charge is 2.51. The van der Waals surface area contributed by atoms with Crippen molar-refractivity contribution >= 4 is 0 Å². The average Bonchev–Trinajstić information content (AvgIpc) is 2.50. The number of benzene rings is 1. The molecule has 2 rings (SSSR count). The first-order chi connectivity index (χ1) is 10.8. The fourth-order valence-corrected chi connectivity index (χ4v) is 3.57. The number of likely N-dealkylation sites (tertiary alicyclic amines) is 1. The van der Waals surface area contributed by atoms with Crippen LogP contribution in [0.25, 0.3) is 0 Å². The summed E-state index contributed by atoms with van der Waals surface area (Å²) in [5, 5.41) is 9.17. The third-order valence-corrected chi connectivity index (χ3v) is 5.31. The number of nitriles is 1. The van der Waals surface area contributed by atoms with E-state index < -0.39 is 11.6 Å². The predicted octanol–water partition coefficient (Wildman–Crippen LogP) is 4.16. The average molecular weight is 312 g/mol. The number of rotatable bonds is 3. The Morgan fingerprint density at radius 2 is 2.00 bits per heavy atom. The molecule has 1 fully saturated rings. The molecule has 23 heavy (non-hydrogen) atoms. The zero-order valence-corrected chi connectivity index (χ0v) is 14.3. The first-order valence-electron chi connectivity index (χ1n) is 8.11. The van der Waals surface area contributed by atoms with E-state index in [1.54, 1.807) is 0 Å². The van der Waals surface area contributed by atoms with Gasteiger partial charge in [0.2, 0.25) is 0 Å². The quantitative estimate of drug-likeness (QED) is 0.784. The molecule has 0 bridgehead atoms. The summed E-state index contributed by atoms with van der Waals surface area (Å²) < 4.78 is 15.0. The summed E-state index contributed by atoms with van der Waals surface area (Å²) >= 11 is 0. The molecule has 0 spiro atoms. The Hall–Kier alpha value is -1.84. The van der Waals surface area contributed by atoms with Gasteiger partial charge in [0.25, 0.3) is 0 Å². The van der Waals surface area contributed by atoms with Crippen molar-refractivity contribution in [3.8, 4) is 18.4 Å². The van der Waals surface area contributed by atoms with Gasteiger partial charge in [0.1, 0.15) is 6.17 Å². The minimum atomic E-state index is -0.985. The summed E-state index contributed by atoms with van der Waals surface area (Å²) in [6.45, 7) is 8.06. The van der Waals surface area contributed by atoms with Crippen molar-refractivity contribution in [3.05, 3.63) is 35.4 Å². The molecule has 3 heteroatoms. The lowest BCUT2D eigenvalue weighted by Crippen LogP contribution is -2.54. The van der Waals surface area contributed by atoms with Crippen molar-refractivity contribution < 1.29 is 4.39 Å². The van der Waals surface area contributed by atoms with Crippen molar-refractivity contribution in [3.63, 3.8) is 0 Å². The summed E-state index contributed by atoms with van der Waals surface area (Å²) in [5.41, 5.74) is 1.23. The first-order valence-corrected chi connectivity index (χ1v) is 8.11. The van der Waals surface area contributed by atoms with Crippen LogP contribution in [0.5, 0.6) is 0 Å². The largest absolute Gasteiger partial charge is 0.296 e. The van der Waals surface area contributed by atoms with Crippen LogP contribution in [0.4, 0.5) is 4.39 Å². The molecule has 0 amide bonds. The minimum absolute atomic E-state index is 0.220. The maximum atomic E-state index is 15.0. The van der Waals surface area contributed by atoms with Gasteiger partial charge in [-0.1, -0.05) is 38.8 Å². The summed E-state index contributed by atoms with van der Waals surface area (Å²) in [6.07, 6.45) is 5.38. The van der Waals surface area contributed by atoms with Gasteiger partial charge >= 0.3 is 0 Å². The highest BCUT2D eigenvalue weighted by molar-refractivity contribution is 5.34. The van der Waals surface area contributed by atoms with E-state index >= 15 is 4.39 Å². The fraction of sp³-hybridized carbons (Fsp3) is 0.550. The van der Waals surface area contributed by atoms with Crippen LogP contribution in [0.15, 0.2) is 24.3 Å². The van der Waals surface area contributed by atoms with Gasteiger partial charge in [0.15, 0.2) is 0 Å². The van der Waals surface area contributed by atoms with E-state index in [0.717, 1.165) is 24.2 Å². The lowest BCUT2D eigenvalue weighted by molar-refractivity contribution is -0.0660. The van der Waals surface area contributed by atoms with E-state index in [2.05, 4.69) is 16.9 Å². The van der Waals surface area contributed by atoms with Gasteiger partial charge in [-0.2, -0.15) is 5.26 Å². The van der Waals surface area contributed by atoms with E-state index in [9.17, 15) is 0 Å². The normalized spacial score (nSPS) is 25.6. The smallest absolute Gasteiger partial charge is 0.120 e. The van der Waals surface area contributed by atoms with Crippen molar-refractivity contribution in [2.75, 3.05) is 13.1 Å². The van der Waals surface area contributed by atoms with Crippen molar-refractivity contribution in [1.82, 2.24) is 4.90 Å². The zero-order chi connectivity index (χ0) is 17.1. The van der Waals surface area contributed by atoms with Gasteiger partial charge in [-0.05, 0) is 36.1 Å². The number of alkyl halides is 1. The number of piperidine rings is 1. The Morgan fingerprint density at radius 3 is 2.48 bits per heavy atom. The van der Waals surface area contributed by atoms with Crippen LogP contribution in [-0.4, -0.2) is 24.2 Å². The predicted molar refractivity (Wildman–Crippen MR) is 91.3 cm³/mol. The standard InChI is InChI=1S/C20H25FN2/c1-5-16-6-8-17(9-7-16)14-23-13-11-20(10-12-22,18(21)15-23)19(2,3)4/h1,6-9,18H,10-11,13-15H2,2-4H3. The number of nitrogens with zero attached hydrogens (tertiary/aromatic N) is 2. The van der Waals surface area contributed by atoms with E-state index in [4.69, 9.17) is 11.7 Å². The van der Waals surface area contributed by atoms with Crippen LogP contribution < -0.4 is 0 Å². The number of terminal acetylenes is 1. The van der Waals surface area contributed by atoms with E-state index in [0.29, 0.717) is 13.0 Å². The Morgan fingerprint density at radius 1 is 1.35 bits per heavy atom. The molecule has 122 valence electrons. The summed E-state index contributed by atoms with van der Waals surface area (Å²) in [6, 6.07) is 10.1. The van der Waals surface area contributed by atoms with Crippen LogP contribution in [0.3, 0.4) is 0 Å². The summed E-state index contributed by atoms with van der Waals surface area (Å²) in [7, 11) is 0. The minimum Gasteiger partial charge on any atom is -0.296 e. The lowest BCUT2D eigenvalue weighted by Gasteiger charge is -2.51. The second-order valence-electron chi connectivity index (χ2n) is 7.53.